The SMILES string of the molecule is CCNC(=O)c1ccc(CN=C(NCC)N2CC(C)C(C(=O)OC)C2)cc1.I. The minimum atomic E-state index is -0.165. The maximum Gasteiger partial charge on any atom is 0.310 e. The molecular formula is C20H31IN4O3. The summed E-state index contributed by atoms with van der Waals surface area (Å²) in [5.41, 5.74) is 1.67. The van der Waals surface area contributed by atoms with E-state index in [4.69, 9.17) is 9.73 Å². The maximum atomic E-state index is 11.9. The molecule has 2 rings (SSSR count). The molecule has 1 saturated heterocycles. The molecule has 2 atom stereocenters. The molecule has 1 amide bonds. The van der Waals surface area contributed by atoms with E-state index in [2.05, 4.69) is 22.5 Å². The number of methoxy groups -OCH3 is 1. The highest BCUT2D eigenvalue weighted by atomic mass is 127. The van der Waals surface area contributed by atoms with Gasteiger partial charge in [0, 0.05) is 31.7 Å². The third kappa shape index (κ3) is 6.35. The molecule has 0 aliphatic carbocycles. The van der Waals surface area contributed by atoms with Gasteiger partial charge in [-0.3, -0.25) is 9.59 Å². The third-order valence-corrected chi connectivity index (χ3v) is 4.72. The van der Waals surface area contributed by atoms with Gasteiger partial charge in [-0.05, 0) is 37.5 Å². The van der Waals surface area contributed by atoms with E-state index in [1.807, 2.05) is 38.1 Å². The molecule has 1 fully saturated rings. The Morgan fingerprint density at radius 1 is 1.14 bits per heavy atom. The van der Waals surface area contributed by atoms with Crippen molar-refractivity contribution in [3.8, 4) is 0 Å². The van der Waals surface area contributed by atoms with Gasteiger partial charge in [0.05, 0.1) is 19.6 Å². The van der Waals surface area contributed by atoms with Crippen LogP contribution in [0.25, 0.3) is 0 Å². The summed E-state index contributed by atoms with van der Waals surface area (Å²) < 4.78 is 4.91. The zero-order valence-electron chi connectivity index (χ0n) is 17.0. The first-order valence-corrected chi connectivity index (χ1v) is 9.48. The Kier molecular flexibility index (Phi) is 10.3. The highest BCUT2D eigenvalue weighted by Crippen LogP contribution is 2.24. The molecule has 8 heteroatoms. The van der Waals surface area contributed by atoms with Gasteiger partial charge in [0.25, 0.3) is 5.91 Å². The second-order valence-corrected chi connectivity index (χ2v) is 6.74. The van der Waals surface area contributed by atoms with Crippen LogP contribution in [0.5, 0.6) is 0 Å². The largest absolute Gasteiger partial charge is 0.469 e. The van der Waals surface area contributed by atoms with E-state index < -0.39 is 0 Å². The molecule has 7 nitrogen and oxygen atoms in total. The van der Waals surface area contributed by atoms with Gasteiger partial charge in [-0.1, -0.05) is 19.1 Å². The predicted molar refractivity (Wildman–Crippen MR) is 121 cm³/mol. The van der Waals surface area contributed by atoms with E-state index in [0.717, 1.165) is 24.6 Å². The first kappa shape index (κ1) is 24.2. The molecule has 1 aromatic carbocycles. The summed E-state index contributed by atoms with van der Waals surface area (Å²) in [4.78, 5) is 30.6. The number of amides is 1. The van der Waals surface area contributed by atoms with E-state index in [1.165, 1.54) is 7.11 Å². The van der Waals surface area contributed by atoms with Crippen LogP contribution >= 0.6 is 24.0 Å². The molecule has 1 aliphatic heterocycles. The first-order chi connectivity index (χ1) is 13.0. The standard InChI is InChI=1S/C20H30N4O3.HI/c1-5-21-18(25)16-9-7-15(8-10-16)11-23-20(22-6-2)24-12-14(3)17(13-24)19(26)27-4;/h7-10,14,17H,5-6,11-13H2,1-4H3,(H,21,25)(H,22,23);1H. The number of benzene rings is 1. The van der Waals surface area contributed by atoms with Crippen molar-refractivity contribution in [1.29, 1.82) is 0 Å². The zero-order valence-corrected chi connectivity index (χ0v) is 19.4. The van der Waals surface area contributed by atoms with Gasteiger partial charge in [-0.15, -0.1) is 24.0 Å². The van der Waals surface area contributed by atoms with E-state index in [0.29, 0.717) is 25.2 Å². The molecule has 0 aromatic heterocycles. The molecular weight excluding hydrogens is 471 g/mol. The monoisotopic (exact) mass is 502 g/mol. The lowest BCUT2D eigenvalue weighted by atomic mass is 9.99. The topological polar surface area (TPSA) is 83.0 Å². The molecule has 156 valence electrons. The number of hydrogen-bond acceptors (Lipinski definition) is 4. The molecule has 28 heavy (non-hydrogen) atoms. The van der Waals surface area contributed by atoms with Crippen LogP contribution in [0.4, 0.5) is 0 Å². The molecule has 0 radical (unpaired) electrons. The molecule has 1 heterocycles. The van der Waals surface area contributed by atoms with Crippen LogP contribution in [0.2, 0.25) is 0 Å². The first-order valence-electron chi connectivity index (χ1n) is 9.48. The Balaban J connectivity index is 0.00000392. The molecule has 1 aliphatic rings. The van der Waals surface area contributed by atoms with E-state index >= 15 is 0 Å². The number of esters is 1. The van der Waals surface area contributed by atoms with Gasteiger partial charge >= 0.3 is 5.97 Å². The minimum absolute atomic E-state index is 0. The Bertz CT molecular complexity index is 679. The molecule has 0 spiro atoms. The fourth-order valence-corrected chi connectivity index (χ4v) is 3.21. The zero-order chi connectivity index (χ0) is 19.8. The van der Waals surface area contributed by atoms with Crippen LogP contribution in [0.1, 0.15) is 36.7 Å². The highest BCUT2D eigenvalue weighted by molar-refractivity contribution is 14.0. The van der Waals surface area contributed by atoms with Gasteiger partial charge in [-0.25, -0.2) is 4.99 Å². The number of carbonyl (C=O) groups excluding carboxylic acids is 2. The average molecular weight is 502 g/mol. The van der Waals surface area contributed by atoms with Crippen LogP contribution < -0.4 is 10.6 Å². The van der Waals surface area contributed by atoms with E-state index in [9.17, 15) is 9.59 Å². The van der Waals surface area contributed by atoms with Crippen LogP contribution in [-0.2, 0) is 16.1 Å². The van der Waals surface area contributed by atoms with Crippen LogP contribution in [0, 0.1) is 11.8 Å². The van der Waals surface area contributed by atoms with E-state index in [-0.39, 0.29) is 47.7 Å². The number of likely N-dealkylation sites (tertiary alicyclic amines) is 1. The number of ether oxygens (including phenoxy) is 1. The van der Waals surface area contributed by atoms with Gasteiger partial charge in [0.15, 0.2) is 5.96 Å². The van der Waals surface area contributed by atoms with Crippen LogP contribution in [-0.4, -0.2) is 56.0 Å². The van der Waals surface area contributed by atoms with Crippen molar-refractivity contribution in [2.24, 2.45) is 16.8 Å². The van der Waals surface area contributed by atoms with Crippen molar-refractivity contribution in [1.82, 2.24) is 15.5 Å². The molecule has 1 aromatic rings. The van der Waals surface area contributed by atoms with Crippen molar-refractivity contribution in [2.75, 3.05) is 33.3 Å². The van der Waals surface area contributed by atoms with Gasteiger partial charge in [0.1, 0.15) is 0 Å². The fraction of sp³-hybridized carbons (Fsp3) is 0.550. The number of guanidine groups is 1. The Labute approximate surface area is 184 Å². The smallest absolute Gasteiger partial charge is 0.310 e. The lowest BCUT2D eigenvalue weighted by molar-refractivity contribution is -0.145. The number of nitrogens with one attached hydrogen (secondary N) is 2. The highest BCUT2D eigenvalue weighted by Gasteiger charge is 2.36. The normalized spacial score (nSPS) is 19.0. The van der Waals surface area contributed by atoms with Crippen molar-refractivity contribution in [2.45, 2.75) is 27.3 Å². The summed E-state index contributed by atoms with van der Waals surface area (Å²) in [6.07, 6.45) is 0. The summed E-state index contributed by atoms with van der Waals surface area (Å²) in [5.74, 6) is 0.652. The second-order valence-electron chi connectivity index (χ2n) is 6.74. The fourth-order valence-electron chi connectivity index (χ4n) is 3.21. The number of carbonyl (C=O) groups is 2. The van der Waals surface area contributed by atoms with Gasteiger partial charge in [-0.2, -0.15) is 0 Å². The second kappa shape index (κ2) is 11.9. The van der Waals surface area contributed by atoms with Crippen molar-refractivity contribution >= 4 is 41.8 Å². The van der Waals surface area contributed by atoms with Crippen LogP contribution in [0.15, 0.2) is 29.3 Å². The number of halogens is 1. The van der Waals surface area contributed by atoms with Crippen LogP contribution in [0.3, 0.4) is 0 Å². The maximum absolute atomic E-state index is 11.9. The lowest BCUT2D eigenvalue weighted by Crippen LogP contribution is -2.40. The summed E-state index contributed by atoms with van der Waals surface area (Å²) in [5, 5.41) is 6.09. The summed E-state index contributed by atoms with van der Waals surface area (Å²) >= 11 is 0. The van der Waals surface area contributed by atoms with Gasteiger partial charge < -0.3 is 20.3 Å². The molecule has 0 bridgehead atoms. The summed E-state index contributed by atoms with van der Waals surface area (Å²) in [6, 6.07) is 7.46. The Morgan fingerprint density at radius 3 is 2.36 bits per heavy atom. The van der Waals surface area contributed by atoms with Crippen molar-refractivity contribution < 1.29 is 14.3 Å². The number of rotatable bonds is 6. The molecule has 2 N–H and O–H groups in total. The molecule has 2 unspecified atom stereocenters. The lowest BCUT2D eigenvalue weighted by Gasteiger charge is -2.21. The number of nitrogens with zero attached hydrogens (tertiary/aromatic N) is 2. The van der Waals surface area contributed by atoms with E-state index in [1.54, 1.807) is 0 Å². The van der Waals surface area contributed by atoms with Gasteiger partial charge in [0.2, 0.25) is 0 Å². The van der Waals surface area contributed by atoms with Crippen molar-refractivity contribution in [3.63, 3.8) is 0 Å². The average Bonchev–Trinajstić information content (AvgIpc) is 3.06. The number of aliphatic imine (C=N–C) groups is 1. The summed E-state index contributed by atoms with van der Waals surface area (Å²) in [7, 11) is 1.43. The summed E-state index contributed by atoms with van der Waals surface area (Å²) in [6.45, 7) is 9.22. The Hall–Kier alpha value is -1.84. The Morgan fingerprint density at radius 2 is 1.79 bits per heavy atom. The predicted octanol–water partition coefficient (Wildman–Crippen LogP) is 2.26. The minimum Gasteiger partial charge on any atom is -0.469 e. The van der Waals surface area contributed by atoms with Crippen molar-refractivity contribution in [3.05, 3.63) is 35.4 Å². The quantitative estimate of drug-likeness (QED) is 0.270. The third-order valence-electron chi connectivity index (χ3n) is 4.72. The number of hydrogen-bond donors (Lipinski definition) is 2. The molecule has 0 saturated carbocycles.